The monoisotopic (exact) mass is 357 g/mol. The van der Waals surface area contributed by atoms with Crippen molar-refractivity contribution >= 4 is 27.5 Å². The van der Waals surface area contributed by atoms with Crippen molar-refractivity contribution in [3.63, 3.8) is 0 Å². The van der Waals surface area contributed by atoms with Crippen molar-refractivity contribution in [3.05, 3.63) is 62.8 Å². The van der Waals surface area contributed by atoms with Crippen LogP contribution in [0, 0.1) is 5.82 Å². The summed E-state index contributed by atoms with van der Waals surface area (Å²) in [5, 5.41) is 0.116. The zero-order chi connectivity index (χ0) is 14.7. The van der Waals surface area contributed by atoms with Gasteiger partial charge in [-0.05, 0) is 57.7 Å². The van der Waals surface area contributed by atoms with Crippen molar-refractivity contribution in [2.75, 3.05) is 7.11 Å². The quantitative estimate of drug-likeness (QED) is 0.874. The predicted molar refractivity (Wildman–Crippen MR) is 82.7 cm³/mol. The lowest BCUT2D eigenvalue weighted by atomic mass is 9.99. The third-order valence-electron chi connectivity index (χ3n) is 3.04. The molecule has 0 saturated carbocycles. The molecule has 2 aromatic rings. The van der Waals surface area contributed by atoms with Crippen LogP contribution in [0.5, 0.6) is 5.75 Å². The van der Waals surface area contributed by atoms with Crippen molar-refractivity contribution in [3.8, 4) is 5.75 Å². The van der Waals surface area contributed by atoms with Crippen molar-refractivity contribution in [1.82, 2.24) is 0 Å². The molecule has 106 valence electrons. The van der Waals surface area contributed by atoms with E-state index in [1.165, 1.54) is 6.07 Å². The van der Waals surface area contributed by atoms with Crippen LogP contribution in [0.2, 0.25) is 5.02 Å². The van der Waals surface area contributed by atoms with Gasteiger partial charge in [0.2, 0.25) is 0 Å². The topological polar surface area (TPSA) is 35.2 Å². The maximum atomic E-state index is 13.1. The van der Waals surface area contributed by atoms with Gasteiger partial charge in [0.05, 0.1) is 16.6 Å². The van der Waals surface area contributed by atoms with Crippen LogP contribution < -0.4 is 10.5 Å². The van der Waals surface area contributed by atoms with Gasteiger partial charge in [-0.25, -0.2) is 4.39 Å². The number of methoxy groups -OCH3 is 1. The molecular weight excluding hydrogens is 345 g/mol. The van der Waals surface area contributed by atoms with E-state index in [2.05, 4.69) is 15.9 Å². The summed E-state index contributed by atoms with van der Waals surface area (Å²) in [6, 6.07) is 10.2. The summed E-state index contributed by atoms with van der Waals surface area (Å²) >= 11 is 9.20. The summed E-state index contributed by atoms with van der Waals surface area (Å²) in [5.74, 6) is 0.335. The van der Waals surface area contributed by atoms with Crippen LogP contribution in [0.4, 0.5) is 4.39 Å². The van der Waals surface area contributed by atoms with Gasteiger partial charge in [0, 0.05) is 6.04 Å². The fourth-order valence-electron chi connectivity index (χ4n) is 1.95. The highest BCUT2D eigenvalue weighted by Gasteiger charge is 2.11. The normalized spacial score (nSPS) is 12.2. The van der Waals surface area contributed by atoms with Gasteiger partial charge in [-0.3, -0.25) is 0 Å². The Balaban J connectivity index is 2.17. The minimum Gasteiger partial charge on any atom is -0.496 e. The highest BCUT2D eigenvalue weighted by molar-refractivity contribution is 9.10. The number of rotatable bonds is 4. The molecule has 1 atom stereocenters. The first kappa shape index (κ1) is 15.3. The summed E-state index contributed by atoms with van der Waals surface area (Å²) in [6.07, 6.45) is 0.582. The highest BCUT2D eigenvalue weighted by Crippen LogP contribution is 2.29. The lowest BCUT2D eigenvalue weighted by molar-refractivity contribution is 0.412. The van der Waals surface area contributed by atoms with Crippen LogP contribution >= 0.6 is 27.5 Å². The second-order valence-electron chi connectivity index (χ2n) is 4.45. The molecule has 0 aliphatic rings. The van der Waals surface area contributed by atoms with Crippen molar-refractivity contribution in [1.29, 1.82) is 0 Å². The van der Waals surface area contributed by atoms with E-state index in [4.69, 9.17) is 22.1 Å². The van der Waals surface area contributed by atoms with E-state index in [1.54, 1.807) is 19.2 Å². The molecule has 0 heterocycles. The summed E-state index contributed by atoms with van der Waals surface area (Å²) < 4.78 is 19.1. The smallest absolute Gasteiger partial charge is 0.141 e. The predicted octanol–water partition coefficient (Wildman–Crippen LogP) is 4.49. The molecule has 0 aliphatic heterocycles. The molecule has 5 heteroatoms. The van der Waals surface area contributed by atoms with Gasteiger partial charge < -0.3 is 10.5 Å². The van der Waals surface area contributed by atoms with Crippen LogP contribution in [0.15, 0.2) is 40.9 Å². The highest BCUT2D eigenvalue weighted by atomic mass is 79.9. The van der Waals surface area contributed by atoms with E-state index in [0.717, 1.165) is 21.3 Å². The third-order valence-corrected chi connectivity index (χ3v) is 3.95. The number of ether oxygens (including phenoxy) is 1. The standard InChI is InChI=1S/C15H14BrClFNO/c1-20-15-5-3-10(8-11(15)16)14(19)7-9-2-4-13(18)12(17)6-9/h2-6,8,14H,7,19H2,1H3. The summed E-state index contributed by atoms with van der Waals surface area (Å²) in [6.45, 7) is 0. The Labute approximate surface area is 130 Å². The Morgan fingerprint density at radius 3 is 2.65 bits per heavy atom. The van der Waals surface area contributed by atoms with E-state index in [-0.39, 0.29) is 11.1 Å². The number of hydrogen-bond acceptors (Lipinski definition) is 2. The molecular formula is C15H14BrClFNO. The van der Waals surface area contributed by atoms with Crippen molar-refractivity contribution in [2.24, 2.45) is 5.73 Å². The van der Waals surface area contributed by atoms with E-state index in [0.29, 0.717) is 6.42 Å². The van der Waals surface area contributed by atoms with E-state index in [1.807, 2.05) is 18.2 Å². The molecule has 2 nitrogen and oxygen atoms in total. The third kappa shape index (κ3) is 3.51. The van der Waals surface area contributed by atoms with Gasteiger partial charge in [-0.2, -0.15) is 0 Å². The van der Waals surface area contributed by atoms with E-state index in [9.17, 15) is 4.39 Å². The van der Waals surface area contributed by atoms with Gasteiger partial charge in [-0.1, -0.05) is 23.7 Å². The van der Waals surface area contributed by atoms with Gasteiger partial charge >= 0.3 is 0 Å². The second-order valence-corrected chi connectivity index (χ2v) is 5.71. The molecule has 2 rings (SSSR count). The molecule has 1 unspecified atom stereocenters. The SMILES string of the molecule is COc1ccc(C(N)Cc2ccc(F)c(Cl)c2)cc1Br. The Kier molecular flexibility index (Phi) is 5.02. The summed E-state index contributed by atoms with van der Waals surface area (Å²) in [4.78, 5) is 0. The van der Waals surface area contributed by atoms with Crippen LogP contribution in [-0.4, -0.2) is 7.11 Å². The van der Waals surface area contributed by atoms with Crippen LogP contribution in [0.1, 0.15) is 17.2 Å². The van der Waals surface area contributed by atoms with Crippen LogP contribution in [-0.2, 0) is 6.42 Å². The van der Waals surface area contributed by atoms with Gasteiger partial charge in [-0.15, -0.1) is 0 Å². The molecule has 0 bridgehead atoms. The minimum atomic E-state index is -0.420. The molecule has 0 fully saturated rings. The Morgan fingerprint density at radius 2 is 2.05 bits per heavy atom. The molecule has 0 spiro atoms. The minimum absolute atomic E-state index is 0.116. The molecule has 20 heavy (non-hydrogen) atoms. The first-order valence-corrected chi connectivity index (χ1v) is 7.21. The fourth-order valence-corrected chi connectivity index (χ4v) is 2.71. The molecule has 0 aromatic heterocycles. The van der Waals surface area contributed by atoms with E-state index >= 15 is 0 Å². The molecule has 0 saturated heterocycles. The Morgan fingerprint density at radius 1 is 1.30 bits per heavy atom. The van der Waals surface area contributed by atoms with Gasteiger partial charge in [0.15, 0.2) is 0 Å². The van der Waals surface area contributed by atoms with Crippen LogP contribution in [0.3, 0.4) is 0 Å². The van der Waals surface area contributed by atoms with E-state index < -0.39 is 5.82 Å². The van der Waals surface area contributed by atoms with Gasteiger partial charge in [0.1, 0.15) is 11.6 Å². The largest absolute Gasteiger partial charge is 0.496 e. The maximum Gasteiger partial charge on any atom is 0.141 e. The number of hydrogen-bond donors (Lipinski definition) is 1. The maximum absolute atomic E-state index is 13.1. The number of halogens is 3. The lowest BCUT2D eigenvalue weighted by Gasteiger charge is -2.14. The van der Waals surface area contributed by atoms with Gasteiger partial charge in [0.25, 0.3) is 0 Å². The zero-order valence-electron chi connectivity index (χ0n) is 10.9. The summed E-state index contributed by atoms with van der Waals surface area (Å²) in [5.41, 5.74) is 8.05. The molecule has 0 aliphatic carbocycles. The first-order chi connectivity index (χ1) is 9.51. The van der Waals surface area contributed by atoms with Crippen molar-refractivity contribution < 1.29 is 9.13 Å². The average molecular weight is 359 g/mol. The molecule has 2 aromatic carbocycles. The average Bonchev–Trinajstić information content (AvgIpc) is 2.42. The lowest BCUT2D eigenvalue weighted by Crippen LogP contribution is -2.13. The summed E-state index contributed by atoms with van der Waals surface area (Å²) in [7, 11) is 1.61. The molecule has 0 radical (unpaired) electrons. The number of benzene rings is 2. The first-order valence-electron chi connectivity index (χ1n) is 6.04. The van der Waals surface area contributed by atoms with Crippen molar-refractivity contribution in [2.45, 2.75) is 12.5 Å². The Hall–Kier alpha value is -1.10. The Bertz CT molecular complexity index is 621. The second kappa shape index (κ2) is 6.57. The molecule has 2 N–H and O–H groups in total. The van der Waals surface area contributed by atoms with Crippen LogP contribution in [0.25, 0.3) is 0 Å². The zero-order valence-corrected chi connectivity index (χ0v) is 13.2. The number of nitrogens with two attached hydrogens (primary N) is 1. The molecule has 0 amide bonds. The fraction of sp³-hybridized carbons (Fsp3) is 0.200.